The van der Waals surface area contributed by atoms with Crippen molar-refractivity contribution < 1.29 is 18.9 Å². The Morgan fingerprint density at radius 3 is 2.72 bits per heavy atom. The quantitative estimate of drug-likeness (QED) is 0.447. The number of aromatic nitrogens is 1. The lowest BCUT2D eigenvalue weighted by Gasteiger charge is -2.26. The largest absolute Gasteiger partial charge is 0.491 e. The molecule has 6 nitrogen and oxygen atoms in total. The normalized spacial score (nSPS) is 15.9. The number of pyridine rings is 1. The zero-order valence-corrected chi connectivity index (χ0v) is 18.4. The molecule has 2 aliphatic heterocycles. The molecule has 32 heavy (non-hydrogen) atoms. The number of hydrogen-bond donors (Lipinski definition) is 0. The fraction of sp³-hybridized carbons (Fsp3) is 0.423. The number of rotatable bonds is 9. The Bertz CT molecular complexity index is 1050. The van der Waals surface area contributed by atoms with E-state index >= 15 is 0 Å². The van der Waals surface area contributed by atoms with Crippen molar-refractivity contribution in [1.82, 2.24) is 9.88 Å². The van der Waals surface area contributed by atoms with Crippen LogP contribution in [0.2, 0.25) is 0 Å². The van der Waals surface area contributed by atoms with Crippen LogP contribution in [0.1, 0.15) is 25.7 Å². The van der Waals surface area contributed by atoms with Crippen molar-refractivity contribution in [3.8, 4) is 28.4 Å². The van der Waals surface area contributed by atoms with E-state index < -0.39 is 0 Å². The molecular formula is C26H30N2O4. The molecule has 3 heterocycles. The highest BCUT2D eigenvalue weighted by Gasteiger charge is 2.16. The predicted octanol–water partition coefficient (Wildman–Crippen LogP) is 4.90. The summed E-state index contributed by atoms with van der Waals surface area (Å²) in [5, 5.41) is 1.08. The zero-order valence-electron chi connectivity index (χ0n) is 18.4. The summed E-state index contributed by atoms with van der Waals surface area (Å²) in [7, 11) is 0. The van der Waals surface area contributed by atoms with E-state index in [0.717, 1.165) is 72.0 Å². The molecule has 0 radical (unpaired) electrons. The average molecular weight is 435 g/mol. The van der Waals surface area contributed by atoms with Crippen molar-refractivity contribution in [2.24, 2.45) is 0 Å². The fourth-order valence-electron chi connectivity index (χ4n) is 4.38. The van der Waals surface area contributed by atoms with Crippen LogP contribution in [0.15, 0.2) is 48.7 Å². The first-order chi connectivity index (χ1) is 15.9. The third-order valence-corrected chi connectivity index (χ3v) is 6.15. The molecule has 1 saturated heterocycles. The SMILES string of the molecule is c1cnc2c(OCCCCCCN3CCOCC3)ccc(-c3ccc4c(c3)OCO4)c2c1. The molecule has 6 heteroatoms. The molecule has 0 atom stereocenters. The highest BCUT2D eigenvalue weighted by atomic mass is 16.7. The summed E-state index contributed by atoms with van der Waals surface area (Å²) in [6, 6.07) is 14.3. The Labute approximate surface area is 189 Å². The highest BCUT2D eigenvalue weighted by Crippen LogP contribution is 2.39. The lowest BCUT2D eigenvalue weighted by molar-refractivity contribution is 0.0371. The molecule has 2 aromatic carbocycles. The first-order valence-electron chi connectivity index (χ1n) is 11.6. The van der Waals surface area contributed by atoms with Crippen LogP contribution in [-0.4, -0.2) is 56.1 Å². The smallest absolute Gasteiger partial charge is 0.231 e. The van der Waals surface area contributed by atoms with E-state index in [0.29, 0.717) is 6.61 Å². The minimum Gasteiger partial charge on any atom is -0.491 e. The van der Waals surface area contributed by atoms with Crippen LogP contribution in [0.25, 0.3) is 22.0 Å². The van der Waals surface area contributed by atoms with Crippen LogP contribution in [0.5, 0.6) is 17.2 Å². The van der Waals surface area contributed by atoms with Gasteiger partial charge in [-0.2, -0.15) is 0 Å². The van der Waals surface area contributed by atoms with Gasteiger partial charge in [0.15, 0.2) is 11.5 Å². The Kier molecular flexibility index (Phi) is 6.70. The topological polar surface area (TPSA) is 53.1 Å². The molecule has 0 amide bonds. The first kappa shape index (κ1) is 21.0. The van der Waals surface area contributed by atoms with Gasteiger partial charge < -0.3 is 18.9 Å². The van der Waals surface area contributed by atoms with Crippen LogP contribution in [0, 0.1) is 0 Å². The lowest BCUT2D eigenvalue weighted by atomic mass is 10.00. The number of nitrogens with zero attached hydrogens (tertiary/aromatic N) is 2. The van der Waals surface area contributed by atoms with Gasteiger partial charge in [-0.15, -0.1) is 0 Å². The summed E-state index contributed by atoms with van der Waals surface area (Å²) in [6.45, 7) is 6.08. The molecule has 0 bridgehead atoms. The van der Waals surface area contributed by atoms with E-state index in [9.17, 15) is 0 Å². The minimum absolute atomic E-state index is 0.279. The van der Waals surface area contributed by atoms with E-state index in [2.05, 4.69) is 28.1 Å². The Hall–Kier alpha value is -2.83. The average Bonchev–Trinajstić information content (AvgIpc) is 3.32. The van der Waals surface area contributed by atoms with E-state index in [1.807, 2.05) is 30.5 Å². The second kappa shape index (κ2) is 10.2. The Balaban J connectivity index is 1.18. The van der Waals surface area contributed by atoms with Crippen molar-refractivity contribution in [3.05, 3.63) is 48.7 Å². The maximum atomic E-state index is 6.15. The van der Waals surface area contributed by atoms with Gasteiger partial charge in [-0.3, -0.25) is 9.88 Å². The van der Waals surface area contributed by atoms with Crippen molar-refractivity contribution >= 4 is 10.9 Å². The van der Waals surface area contributed by atoms with Gasteiger partial charge in [0.05, 0.1) is 19.8 Å². The monoisotopic (exact) mass is 434 g/mol. The predicted molar refractivity (Wildman–Crippen MR) is 125 cm³/mol. The van der Waals surface area contributed by atoms with Crippen LogP contribution in [-0.2, 0) is 4.74 Å². The van der Waals surface area contributed by atoms with Gasteiger partial charge in [-0.25, -0.2) is 0 Å². The zero-order chi connectivity index (χ0) is 21.6. The summed E-state index contributed by atoms with van der Waals surface area (Å²) in [6.07, 6.45) is 6.55. The summed E-state index contributed by atoms with van der Waals surface area (Å²) in [5.41, 5.74) is 3.09. The molecule has 1 aromatic heterocycles. The van der Waals surface area contributed by atoms with Crippen molar-refractivity contribution in [3.63, 3.8) is 0 Å². The molecule has 3 aromatic rings. The summed E-state index contributed by atoms with van der Waals surface area (Å²) in [5.74, 6) is 2.42. The summed E-state index contributed by atoms with van der Waals surface area (Å²) >= 11 is 0. The fourth-order valence-corrected chi connectivity index (χ4v) is 4.38. The number of benzene rings is 2. The van der Waals surface area contributed by atoms with E-state index in [1.165, 1.54) is 25.8 Å². The first-order valence-corrected chi connectivity index (χ1v) is 11.6. The second-order valence-corrected chi connectivity index (χ2v) is 8.30. The number of hydrogen-bond acceptors (Lipinski definition) is 6. The Morgan fingerprint density at radius 2 is 1.78 bits per heavy atom. The van der Waals surface area contributed by atoms with Gasteiger partial charge in [0.2, 0.25) is 6.79 Å². The van der Waals surface area contributed by atoms with Gasteiger partial charge in [0, 0.05) is 24.7 Å². The van der Waals surface area contributed by atoms with Gasteiger partial charge in [-0.05, 0) is 60.8 Å². The van der Waals surface area contributed by atoms with Crippen molar-refractivity contribution in [2.75, 3.05) is 46.2 Å². The molecule has 0 saturated carbocycles. The van der Waals surface area contributed by atoms with Crippen molar-refractivity contribution in [2.45, 2.75) is 25.7 Å². The lowest BCUT2D eigenvalue weighted by Crippen LogP contribution is -2.36. The van der Waals surface area contributed by atoms with Gasteiger partial charge in [0.1, 0.15) is 11.3 Å². The minimum atomic E-state index is 0.279. The number of ether oxygens (including phenoxy) is 4. The van der Waals surface area contributed by atoms with Crippen molar-refractivity contribution in [1.29, 1.82) is 0 Å². The van der Waals surface area contributed by atoms with Crippen LogP contribution in [0.4, 0.5) is 0 Å². The van der Waals surface area contributed by atoms with Gasteiger partial charge >= 0.3 is 0 Å². The third-order valence-electron chi connectivity index (χ3n) is 6.15. The van der Waals surface area contributed by atoms with E-state index in [-0.39, 0.29) is 6.79 Å². The molecule has 0 unspecified atom stereocenters. The molecule has 0 aliphatic carbocycles. The maximum Gasteiger partial charge on any atom is 0.231 e. The number of unbranched alkanes of at least 4 members (excludes halogenated alkanes) is 3. The van der Waals surface area contributed by atoms with Crippen LogP contribution >= 0.6 is 0 Å². The molecule has 168 valence electrons. The third kappa shape index (κ3) is 4.81. The number of morpholine rings is 1. The van der Waals surface area contributed by atoms with Crippen LogP contribution < -0.4 is 14.2 Å². The second-order valence-electron chi connectivity index (χ2n) is 8.30. The summed E-state index contributed by atoms with van der Waals surface area (Å²) < 4.78 is 22.6. The Morgan fingerprint density at radius 1 is 0.906 bits per heavy atom. The van der Waals surface area contributed by atoms with E-state index in [4.69, 9.17) is 18.9 Å². The summed E-state index contributed by atoms with van der Waals surface area (Å²) in [4.78, 5) is 7.12. The van der Waals surface area contributed by atoms with Crippen LogP contribution in [0.3, 0.4) is 0 Å². The molecule has 0 spiro atoms. The molecular weight excluding hydrogens is 404 g/mol. The highest BCUT2D eigenvalue weighted by molar-refractivity contribution is 5.98. The van der Waals surface area contributed by atoms with E-state index in [1.54, 1.807) is 0 Å². The number of fused-ring (bicyclic) bond motifs is 2. The standard InChI is InChI=1S/C26H30N2O4/c1(3-12-28-13-16-29-17-14-28)2-4-15-30-24-10-8-21(22-6-5-11-27-26(22)24)20-7-9-23-25(18-20)32-19-31-23/h5-11,18H,1-4,12-17,19H2. The molecule has 2 aliphatic rings. The van der Waals surface area contributed by atoms with Gasteiger partial charge in [-0.1, -0.05) is 25.0 Å². The molecule has 5 rings (SSSR count). The molecule has 1 fully saturated rings. The van der Waals surface area contributed by atoms with Gasteiger partial charge in [0.25, 0.3) is 0 Å². The maximum absolute atomic E-state index is 6.15. The molecule has 0 N–H and O–H groups in total.